The first-order valence-electron chi connectivity index (χ1n) is 6.68. The standard InChI is InChI=1S/C13H21FN2O4S2/c1-10(2)16(21(4,17)18)8-7-15-22(19,20)12-5-6-13(14)11(3)9-12/h5-6,9-10,15H,7-8H2,1-4H3. The Labute approximate surface area is 131 Å². The number of aryl methyl sites for hydroxylation is 1. The summed E-state index contributed by atoms with van der Waals surface area (Å²) >= 11 is 0. The van der Waals surface area contributed by atoms with Crippen molar-refractivity contribution in [3.05, 3.63) is 29.6 Å². The lowest BCUT2D eigenvalue weighted by Crippen LogP contribution is -2.41. The number of rotatable bonds is 7. The Hall–Kier alpha value is -1.03. The maximum absolute atomic E-state index is 13.2. The van der Waals surface area contributed by atoms with Crippen LogP contribution in [0.1, 0.15) is 19.4 Å². The van der Waals surface area contributed by atoms with Crippen LogP contribution in [-0.4, -0.2) is 46.5 Å². The lowest BCUT2D eigenvalue weighted by atomic mass is 10.2. The Bertz CT molecular complexity index is 730. The molecule has 126 valence electrons. The molecule has 22 heavy (non-hydrogen) atoms. The summed E-state index contributed by atoms with van der Waals surface area (Å²) in [6, 6.07) is 3.21. The normalized spacial score (nSPS) is 13.0. The van der Waals surface area contributed by atoms with Crippen LogP contribution < -0.4 is 4.72 Å². The van der Waals surface area contributed by atoms with E-state index in [0.29, 0.717) is 0 Å². The number of hydrogen-bond donors (Lipinski definition) is 1. The molecule has 1 N–H and O–H groups in total. The number of sulfonamides is 2. The maximum Gasteiger partial charge on any atom is 0.240 e. The molecule has 1 aromatic rings. The fourth-order valence-electron chi connectivity index (χ4n) is 1.96. The highest BCUT2D eigenvalue weighted by atomic mass is 32.2. The molecule has 1 aromatic carbocycles. The van der Waals surface area contributed by atoms with Crippen molar-refractivity contribution in [2.75, 3.05) is 19.3 Å². The van der Waals surface area contributed by atoms with Crippen molar-refractivity contribution < 1.29 is 21.2 Å². The molecule has 0 saturated carbocycles. The van der Waals surface area contributed by atoms with Gasteiger partial charge in [-0.05, 0) is 44.5 Å². The molecule has 0 heterocycles. The van der Waals surface area contributed by atoms with Gasteiger partial charge in [0.2, 0.25) is 20.0 Å². The van der Waals surface area contributed by atoms with Crippen LogP contribution in [0.25, 0.3) is 0 Å². The summed E-state index contributed by atoms with van der Waals surface area (Å²) in [6.45, 7) is 4.84. The fourth-order valence-corrected chi connectivity index (χ4v) is 4.26. The van der Waals surface area contributed by atoms with Crippen molar-refractivity contribution in [3.63, 3.8) is 0 Å². The molecule has 0 aliphatic carbocycles. The highest BCUT2D eigenvalue weighted by molar-refractivity contribution is 7.89. The molecule has 0 spiro atoms. The molecular formula is C13H21FN2O4S2. The van der Waals surface area contributed by atoms with E-state index in [1.807, 2.05) is 0 Å². The SMILES string of the molecule is Cc1cc(S(=O)(=O)NCCN(C(C)C)S(C)(=O)=O)ccc1F. The van der Waals surface area contributed by atoms with Crippen molar-refractivity contribution in [2.45, 2.75) is 31.7 Å². The zero-order valence-corrected chi connectivity index (χ0v) is 14.6. The third-order valence-electron chi connectivity index (χ3n) is 3.07. The largest absolute Gasteiger partial charge is 0.240 e. The minimum absolute atomic E-state index is 0.0237. The predicted octanol–water partition coefficient (Wildman–Crippen LogP) is 1.08. The van der Waals surface area contributed by atoms with E-state index in [-0.39, 0.29) is 29.6 Å². The summed E-state index contributed by atoms with van der Waals surface area (Å²) in [5.74, 6) is -0.484. The van der Waals surface area contributed by atoms with E-state index in [1.54, 1.807) is 13.8 Å². The molecule has 6 nitrogen and oxygen atoms in total. The first-order valence-corrected chi connectivity index (χ1v) is 10.0. The zero-order valence-electron chi connectivity index (χ0n) is 13.0. The van der Waals surface area contributed by atoms with Gasteiger partial charge in [-0.25, -0.2) is 25.9 Å². The van der Waals surface area contributed by atoms with Gasteiger partial charge in [-0.1, -0.05) is 0 Å². The van der Waals surface area contributed by atoms with Gasteiger partial charge < -0.3 is 0 Å². The lowest BCUT2D eigenvalue weighted by molar-refractivity contribution is 0.360. The molecule has 0 radical (unpaired) electrons. The molecular weight excluding hydrogens is 331 g/mol. The minimum atomic E-state index is -3.80. The first-order chi connectivity index (χ1) is 9.95. The van der Waals surface area contributed by atoms with Gasteiger partial charge in [-0.2, -0.15) is 4.31 Å². The first kappa shape index (κ1) is 19.0. The Balaban J connectivity index is 2.80. The van der Waals surface area contributed by atoms with Gasteiger partial charge in [-0.15, -0.1) is 0 Å². The molecule has 0 aliphatic rings. The third-order valence-corrected chi connectivity index (χ3v) is 5.98. The van der Waals surface area contributed by atoms with Crippen LogP contribution in [0.2, 0.25) is 0 Å². The van der Waals surface area contributed by atoms with Gasteiger partial charge in [0, 0.05) is 19.1 Å². The van der Waals surface area contributed by atoms with Crippen molar-refractivity contribution in [1.29, 1.82) is 0 Å². The minimum Gasteiger partial charge on any atom is -0.212 e. The monoisotopic (exact) mass is 352 g/mol. The van der Waals surface area contributed by atoms with Crippen LogP contribution in [-0.2, 0) is 20.0 Å². The van der Waals surface area contributed by atoms with Crippen molar-refractivity contribution in [1.82, 2.24) is 9.03 Å². The Morgan fingerprint density at radius 3 is 2.27 bits per heavy atom. The lowest BCUT2D eigenvalue weighted by Gasteiger charge is -2.23. The quantitative estimate of drug-likeness (QED) is 0.796. The van der Waals surface area contributed by atoms with Crippen molar-refractivity contribution in [3.8, 4) is 0 Å². The number of nitrogens with zero attached hydrogens (tertiary/aromatic N) is 1. The van der Waals surface area contributed by atoms with Gasteiger partial charge in [-0.3, -0.25) is 0 Å². The van der Waals surface area contributed by atoms with Crippen LogP contribution in [0.4, 0.5) is 4.39 Å². The highest BCUT2D eigenvalue weighted by Crippen LogP contribution is 2.14. The molecule has 0 aromatic heterocycles. The summed E-state index contributed by atoms with van der Waals surface area (Å²) in [4.78, 5) is -0.0538. The van der Waals surface area contributed by atoms with Gasteiger partial charge in [0.25, 0.3) is 0 Å². The smallest absolute Gasteiger partial charge is 0.212 e. The third kappa shape index (κ3) is 5.01. The van der Waals surface area contributed by atoms with Crippen LogP contribution in [0, 0.1) is 12.7 Å². The van der Waals surface area contributed by atoms with E-state index in [2.05, 4.69) is 4.72 Å². The van der Waals surface area contributed by atoms with Gasteiger partial charge in [0.15, 0.2) is 0 Å². The molecule has 1 rings (SSSR count). The molecule has 0 aliphatic heterocycles. The molecule has 0 fully saturated rings. The van der Waals surface area contributed by atoms with Crippen LogP contribution in [0.15, 0.2) is 23.1 Å². The molecule has 0 amide bonds. The van der Waals surface area contributed by atoms with Gasteiger partial charge in [0.1, 0.15) is 5.82 Å². The average Bonchev–Trinajstić information content (AvgIpc) is 2.35. The Kier molecular flexibility index (Phi) is 6.08. The summed E-state index contributed by atoms with van der Waals surface area (Å²) in [7, 11) is -7.21. The average molecular weight is 352 g/mol. The van der Waals surface area contributed by atoms with E-state index < -0.39 is 25.9 Å². The summed E-state index contributed by atoms with van der Waals surface area (Å²) in [5, 5.41) is 0. The number of hydrogen-bond acceptors (Lipinski definition) is 4. The summed E-state index contributed by atoms with van der Waals surface area (Å²) in [5.41, 5.74) is 0.225. The highest BCUT2D eigenvalue weighted by Gasteiger charge is 2.21. The van der Waals surface area contributed by atoms with E-state index in [4.69, 9.17) is 0 Å². The Morgan fingerprint density at radius 1 is 1.23 bits per heavy atom. The van der Waals surface area contributed by atoms with Crippen LogP contribution in [0.5, 0.6) is 0 Å². The number of nitrogens with one attached hydrogen (secondary N) is 1. The maximum atomic E-state index is 13.2. The molecule has 9 heteroatoms. The second kappa shape index (κ2) is 7.03. The predicted molar refractivity (Wildman–Crippen MR) is 83.0 cm³/mol. The zero-order chi connectivity index (χ0) is 17.1. The van der Waals surface area contributed by atoms with Gasteiger partial charge >= 0.3 is 0 Å². The van der Waals surface area contributed by atoms with Crippen LogP contribution >= 0.6 is 0 Å². The topological polar surface area (TPSA) is 83.6 Å². The number of halogens is 1. The molecule has 0 atom stereocenters. The Morgan fingerprint density at radius 2 is 1.82 bits per heavy atom. The number of benzene rings is 1. The van der Waals surface area contributed by atoms with E-state index in [1.165, 1.54) is 23.4 Å². The van der Waals surface area contributed by atoms with Gasteiger partial charge in [0.05, 0.1) is 11.2 Å². The van der Waals surface area contributed by atoms with E-state index in [9.17, 15) is 21.2 Å². The molecule has 0 saturated heterocycles. The molecule has 0 bridgehead atoms. The fraction of sp³-hybridized carbons (Fsp3) is 0.538. The summed E-state index contributed by atoms with van der Waals surface area (Å²) in [6.07, 6.45) is 1.07. The van der Waals surface area contributed by atoms with E-state index >= 15 is 0 Å². The van der Waals surface area contributed by atoms with Crippen molar-refractivity contribution in [2.24, 2.45) is 0 Å². The second-order valence-corrected chi connectivity index (χ2v) is 8.98. The van der Waals surface area contributed by atoms with Crippen LogP contribution in [0.3, 0.4) is 0 Å². The molecule has 0 unspecified atom stereocenters. The second-order valence-electron chi connectivity index (χ2n) is 5.28. The van der Waals surface area contributed by atoms with Crippen molar-refractivity contribution >= 4 is 20.0 Å². The van der Waals surface area contributed by atoms with E-state index in [0.717, 1.165) is 12.3 Å². The summed E-state index contributed by atoms with van der Waals surface area (Å²) < 4.78 is 64.1.